The number of hydrogen-bond donors (Lipinski definition) is 1. The maximum Gasteiger partial charge on any atom is 0.125 e. The molecule has 0 amide bonds. The van der Waals surface area contributed by atoms with Gasteiger partial charge >= 0.3 is 0 Å². The summed E-state index contributed by atoms with van der Waals surface area (Å²) in [6.45, 7) is 4.64. The Balaban J connectivity index is 1.84. The molecule has 0 atom stereocenters. The number of fused-ring (bicyclic) bond motifs is 1. The van der Waals surface area contributed by atoms with Crippen LogP contribution in [-0.4, -0.2) is 54.3 Å². The first-order valence-electron chi connectivity index (χ1n) is 6.90. The molecule has 1 aliphatic rings. The number of halogens is 1. The standard InChI is InChI=1S/C15H18FN3O/c16-12-1-2-13-14(11-12)17-4-3-15(13)19-7-5-18(6-8-19)9-10-20/h1-4,11,20H,5-10H2. The molecule has 1 aromatic heterocycles. The topological polar surface area (TPSA) is 39.6 Å². The minimum atomic E-state index is -0.255. The van der Waals surface area contributed by atoms with E-state index in [0.29, 0.717) is 5.52 Å². The predicted octanol–water partition coefficient (Wildman–Crippen LogP) is 1.49. The molecule has 20 heavy (non-hydrogen) atoms. The highest BCUT2D eigenvalue weighted by atomic mass is 19.1. The van der Waals surface area contributed by atoms with Gasteiger partial charge in [-0.3, -0.25) is 9.88 Å². The van der Waals surface area contributed by atoms with E-state index in [0.717, 1.165) is 43.8 Å². The molecule has 2 heterocycles. The highest BCUT2D eigenvalue weighted by molar-refractivity contribution is 5.91. The number of pyridine rings is 1. The Labute approximate surface area is 117 Å². The van der Waals surface area contributed by atoms with E-state index in [1.807, 2.05) is 6.07 Å². The predicted molar refractivity (Wildman–Crippen MR) is 77.4 cm³/mol. The van der Waals surface area contributed by atoms with Gasteiger partial charge in [-0.15, -0.1) is 0 Å². The highest BCUT2D eigenvalue weighted by Gasteiger charge is 2.18. The summed E-state index contributed by atoms with van der Waals surface area (Å²) in [5.74, 6) is -0.255. The van der Waals surface area contributed by atoms with Crippen molar-refractivity contribution >= 4 is 16.6 Å². The van der Waals surface area contributed by atoms with Crippen LogP contribution in [-0.2, 0) is 0 Å². The van der Waals surface area contributed by atoms with Crippen LogP contribution in [0.3, 0.4) is 0 Å². The van der Waals surface area contributed by atoms with Crippen molar-refractivity contribution in [2.45, 2.75) is 0 Å². The second-order valence-electron chi connectivity index (χ2n) is 5.04. The normalized spacial score (nSPS) is 16.8. The van der Waals surface area contributed by atoms with Crippen LogP contribution in [0.15, 0.2) is 30.5 Å². The number of aromatic nitrogens is 1. The van der Waals surface area contributed by atoms with E-state index in [2.05, 4.69) is 14.8 Å². The Kier molecular flexibility index (Phi) is 3.80. The number of anilines is 1. The van der Waals surface area contributed by atoms with E-state index >= 15 is 0 Å². The Morgan fingerprint density at radius 3 is 2.70 bits per heavy atom. The van der Waals surface area contributed by atoms with Gasteiger partial charge < -0.3 is 10.0 Å². The minimum Gasteiger partial charge on any atom is -0.395 e. The van der Waals surface area contributed by atoms with Gasteiger partial charge in [0.2, 0.25) is 0 Å². The van der Waals surface area contributed by atoms with Gasteiger partial charge in [-0.2, -0.15) is 0 Å². The van der Waals surface area contributed by atoms with Gasteiger partial charge in [-0.25, -0.2) is 4.39 Å². The fourth-order valence-corrected chi connectivity index (χ4v) is 2.74. The SMILES string of the molecule is OCCN1CCN(c2ccnc3cc(F)ccc23)CC1. The van der Waals surface area contributed by atoms with Crippen molar-refractivity contribution in [3.05, 3.63) is 36.3 Å². The Hall–Kier alpha value is -1.72. The molecule has 106 valence electrons. The molecule has 1 saturated heterocycles. The van der Waals surface area contributed by atoms with Crippen LogP contribution in [0.25, 0.3) is 10.9 Å². The van der Waals surface area contributed by atoms with Gasteiger partial charge in [0.15, 0.2) is 0 Å². The summed E-state index contributed by atoms with van der Waals surface area (Å²) in [6.07, 6.45) is 1.73. The number of β-amino-alcohol motifs (C(OH)–C–C–N with tert-alkyl or cyclic N) is 1. The van der Waals surface area contributed by atoms with Gasteiger partial charge in [0, 0.05) is 56.1 Å². The molecule has 0 aliphatic carbocycles. The second kappa shape index (κ2) is 5.73. The van der Waals surface area contributed by atoms with Crippen molar-refractivity contribution in [2.75, 3.05) is 44.2 Å². The number of aliphatic hydroxyl groups excluding tert-OH is 1. The molecule has 2 aromatic rings. The van der Waals surface area contributed by atoms with E-state index < -0.39 is 0 Å². The highest BCUT2D eigenvalue weighted by Crippen LogP contribution is 2.26. The van der Waals surface area contributed by atoms with E-state index in [4.69, 9.17) is 5.11 Å². The number of rotatable bonds is 3. The molecule has 5 heteroatoms. The molecule has 0 saturated carbocycles. The van der Waals surface area contributed by atoms with E-state index in [1.54, 1.807) is 12.3 Å². The van der Waals surface area contributed by atoms with Crippen molar-refractivity contribution in [2.24, 2.45) is 0 Å². The van der Waals surface area contributed by atoms with E-state index in [-0.39, 0.29) is 12.4 Å². The molecule has 1 aliphatic heterocycles. The fraction of sp³-hybridized carbons (Fsp3) is 0.400. The van der Waals surface area contributed by atoms with Gasteiger partial charge in [0.25, 0.3) is 0 Å². The van der Waals surface area contributed by atoms with Crippen molar-refractivity contribution in [3.63, 3.8) is 0 Å². The first-order valence-corrected chi connectivity index (χ1v) is 6.90. The third-order valence-electron chi connectivity index (χ3n) is 3.81. The third kappa shape index (κ3) is 2.59. The average Bonchev–Trinajstić information content (AvgIpc) is 2.47. The smallest absolute Gasteiger partial charge is 0.125 e. The van der Waals surface area contributed by atoms with E-state index in [9.17, 15) is 4.39 Å². The van der Waals surface area contributed by atoms with Crippen LogP contribution < -0.4 is 4.90 Å². The zero-order valence-corrected chi connectivity index (χ0v) is 11.3. The first-order chi connectivity index (χ1) is 9.78. The van der Waals surface area contributed by atoms with Gasteiger partial charge in [-0.05, 0) is 18.2 Å². The van der Waals surface area contributed by atoms with Crippen LogP contribution in [0.1, 0.15) is 0 Å². The molecular formula is C15H18FN3O. The summed E-state index contributed by atoms with van der Waals surface area (Å²) < 4.78 is 13.3. The second-order valence-corrected chi connectivity index (χ2v) is 5.04. The van der Waals surface area contributed by atoms with Gasteiger partial charge in [-0.1, -0.05) is 0 Å². The Bertz CT molecular complexity index is 597. The molecule has 1 fully saturated rings. The molecule has 1 N–H and O–H groups in total. The Morgan fingerprint density at radius 2 is 1.95 bits per heavy atom. The third-order valence-corrected chi connectivity index (χ3v) is 3.81. The molecule has 4 nitrogen and oxygen atoms in total. The zero-order chi connectivity index (χ0) is 13.9. The van der Waals surface area contributed by atoms with Crippen LogP contribution >= 0.6 is 0 Å². The number of piperazine rings is 1. The maximum absolute atomic E-state index is 13.3. The van der Waals surface area contributed by atoms with Gasteiger partial charge in [0.1, 0.15) is 5.82 Å². The van der Waals surface area contributed by atoms with Crippen LogP contribution in [0, 0.1) is 5.82 Å². The Morgan fingerprint density at radius 1 is 1.15 bits per heavy atom. The van der Waals surface area contributed by atoms with Crippen molar-refractivity contribution in [1.29, 1.82) is 0 Å². The first kappa shape index (κ1) is 13.3. The minimum absolute atomic E-state index is 0.206. The van der Waals surface area contributed by atoms with Crippen molar-refractivity contribution in [1.82, 2.24) is 9.88 Å². The average molecular weight is 275 g/mol. The number of aliphatic hydroxyl groups is 1. The molecule has 0 radical (unpaired) electrons. The summed E-state index contributed by atoms with van der Waals surface area (Å²) in [5, 5.41) is 9.96. The fourth-order valence-electron chi connectivity index (χ4n) is 2.74. The lowest BCUT2D eigenvalue weighted by Gasteiger charge is -2.36. The number of benzene rings is 1. The molecule has 1 aromatic carbocycles. The van der Waals surface area contributed by atoms with Crippen LogP contribution in [0.5, 0.6) is 0 Å². The van der Waals surface area contributed by atoms with Crippen LogP contribution in [0.2, 0.25) is 0 Å². The summed E-state index contributed by atoms with van der Waals surface area (Å²) in [7, 11) is 0. The lowest BCUT2D eigenvalue weighted by atomic mass is 10.1. The maximum atomic E-state index is 13.3. The molecule has 0 unspecified atom stereocenters. The summed E-state index contributed by atoms with van der Waals surface area (Å²) in [5.41, 5.74) is 1.80. The summed E-state index contributed by atoms with van der Waals surface area (Å²) in [4.78, 5) is 8.78. The largest absolute Gasteiger partial charge is 0.395 e. The zero-order valence-electron chi connectivity index (χ0n) is 11.3. The molecule has 0 spiro atoms. The summed E-state index contributed by atoms with van der Waals surface area (Å²) in [6, 6.07) is 6.74. The lowest BCUT2D eigenvalue weighted by molar-refractivity contribution is 0.189. The van der Waals surface area contributed by atoms with Gasteiger partial charge in [0.05, 0.1) is 12.1 Å². The molecule has 3 rings (SSSR count). The van der Waals surface area contributed by atoms with Crippen molar-refractivity contribution in [3.8, 4) is 0 Å². The summed E-state index contributed by atoms with van der Waals surface area (Å²) >= 11 is 0. The molecular weight excluding hydrogens is 257 g/mol. The number of hydrogen-bond acceptors (Lipinski definition) is 4. The van der Waals surface area contributed by atoms with E-state index in [1.165, 1.54) is 12.1 Å². The monoisotopic (exact) mass is 275 g/mol. The molecule has 0 bridgehead atoms. The van der Waals surface area contributed by atoms with Crippen molar-refractivity contribution < 1.29 is 9.50 Å². The van der Waals surface area contributed by atoms with Crippen LogP contribution in [0.4, 0.5) is 10.1 Å². The number of nitrogens with zero attached hydrogens (tertiary/aromatic N) is 3. The quantitative estimate of drug-likeness (QED) is 0.921. The lowest BCUT2D eigenvalue weighted by Crippen LogP contribution is -2.47.